The van der Waals surface area contributed by atoms with Crippen LogP contribution >= 0.6 is 0 Å². The van der Waals surface area contributed by atoms with Crippen LogP contribution in [-0.2, 0) is 4.79 Å². The van der Waals surface area contributed by atoms with Gasteiger partial charge in [0.25, 0.3) is 0 Å². The number of carbonyl (C=O) groups is 1. The highest BCUT2D eigenvalue weighted by molar-refractivity contribution is 5.93. The normalized spacial score (nSPS) is 23.1. The molecule has 1 aromatic rings. The summed E-state index contributed by atoms with van der Waals surface area (Å²) in [5.74, 6) is 0.143. The number of aryl methyl sites for hydroxylation is 1. The van der Waals surface area contributed by atoms with E-state index in [2.05, 4.69) is 5.32 Å². The number of hydrogen-bond donors (Lipinski definition) is 2. The molecule has 0 heterocycles. The molecule has 2 rings (SSSR count). The molecule has 1 amide bonds. The Balaban J connectivity index is 2.09. The lowest BCUT2D eigenvalue weighted by atomic mass is 9.79. The van der Waals surface area contributed by atoms with Crippen molar-refractivity contribution in [2.75, 3.05) is 11.9 Å². The molecule has 3 heteroatoms. The molecule has 1 aliphatic carbocycles. The Labute approximate surface area is 115 Å². The van der Waals surface area contributed by atoms with Crippen molar-refractivity contribution in [2.45, 2.75) is 39.5 Å². The van der Waals surface area contributed by atoms with Gasteiger partial charge in [-0.2, -0.15) is 0 Å². The van der Waals surface area contributed by atoms with E-state index >= 15 is 0 Å². The Morgan fingerprint density at radius 3 is 2.79 bits per heavy atom. The van der Waals surface area contributed by atoms with Gasteiger partial charge in [0.2, 0.25) is 5.91 Å². The molecule has 19 heavy (non-hydrogen) atoms. The highest BCUT2D eigenvalue weighted by Crippen LogP contribution is 2.31. The number of amides is 1. The van der Waals surface area contributed by atoms with Gasteiger partial charge < -0.3 is 10.4 Å². The van der Waals surface area contributed by atoms with Crippen molar-refractivity contribution in [1.29, 1.82) is 0 Å². The van der Waals surface area contributed by atoms with Crippen molar-refractivity contribution in [2.24, 2.45) is 11.8 Å². The summed E-state index contributed by atoms with van der Waals surface area (Å²) in [7, 11) is 0. The fraction of sp³-hybridized carbons (Fsp3) is 0.562. The molecule has 1 saturated carbocycles. The molecular weight excluding hydrogens is 238 g/mol. The summed E-state index contributed by atoms with van der Waals surface area (Å²) < 4.78 is 0. The lowest BCUT2D eigenvalue weighted by Gasteiger charge is -2.29. The predicted octanol–water partition coefficient (Wildman–Crippen LogP) is 3.04. The van der Waals surface area contributed by atoms with Crippen molar-refractivity contribution < 1.29 is 9.90 Å². The lowest BCUT2D eigenvalue weighted by Crippen LogP contribution is -2.33. The van der Waals surface area contributed by atoms with Crippen LogP contribution < -0.4 is 5.32 Å². The van der Waals surface area contributed by atoms with Crippen LogP contribution in [0.4, 0.5) is 5.69 Å². The van der Waals surface area contributed by atoms with Gasteiger partial charge in [0, 0.05) is 18.2 Å². The third-order valence-electron chi connectivity index (χ3n) is 4.34. The standard InChI is InChI=1S/C16H23NO2/c1-11-6-5-9-15(12(11)2)17-16(19)14-8-4-3-7-13(14)10-18/h5-6,9,13-14,18H,3-4,7-8,10H2,1-2H3,(H,17,19). The molecule has 2 unspecified atom stereocenters. The Morgan fingerprint density at radius 2 is 2.05 bits per heavy atom. The Kier molecular flexibility index (Phi) is 4.59. The molecule has 2 atom stereocenters. The number of carbonyl (C=O) groups excluding carboxylic acids is 1. The van der Waals surface area contributed by atoms with E-state index in [0.29, 0.717) is 0 Å². The molecule has 1 aliphatic rings. The lowest BCUT2D eigenvalue weighted by molar-refractivity contribution is -0.123. The minimum Gasteiger partial charge on any atom is -0.396 e. The second-order valence-electron chi connectivity index (χ2n) is 5.57. The second-order valence-corrected chi connectivity index (χ2v) is 5.57. The van der Waals surface area contributed by atoms with Crippen LogP contribution in [0.2, 0.25) is 0 Å². The Bertz CT molecular complexity index is 456. The molecule has 0 aromatic heterocycles. The largest absolute Gasteiger partial charge is 0.396 e. The molecule has 3 nitrogen and oxygen atoms in total. The molecule has 1 fully saturated rings. The summed E-state index contributed by atoms with van der Waals surface area (Å²) in [4.78, 5) is 12.4. The maximum absolute atomic E-state index is 12.4. The number of anilines is 1. The predicted molar refractivity (Wildman–Crippen MR) is 77.1 cm³/mol. The van der Waals surface area contributed by atoms with E-state index in [1.807, 2.05) is 32.0 Å². The van der Waals surface area contributed by atoms with E-state index in [9.17, 15) is 9.90 Å². The molecule has 104 valence electrons. The first-order valence-corrected chi connectivity index (χ1v) is 7.11. The van der Waals surface area contributed by atoms with Crippen LogP contribution in [0, 0.1) is 25.7 Å². The molecule has 0 spiro atoms. The zero-order valence-corrected chi connectivity index (χ0v) is 11.8. The van der Waals surface area contributed by atoms with Gasteiger partial charge in [-0.05, 0) is 49.8 Å². The van der Waals surface area contributed by atoms with Crippen molar-refractivity contribution in [3.05, 3.63) is 29.3 Å². The molecule has 1 aromatic carbocycles. The Morgan fingerprint density at radius 1 is 1.32 bits per heavy atom. The van der Waals surface area contributed by atoms with Gasteiger partial charge >= 0.3 is 0 Å². The van der Waals surface area contributed by atoms with Crippen LogP contribution in [0.3, 0.4) is 0 Å². The number of benzene rings is 1. The quantitative estimate of drug-likeness (QED) is 0.878. The topological polar surface area (TPSA) is 49.3 Å². The molecule has 0 radical (unpaired) electrons. The molecule has 0 bridgehead atoms. The molecule has 2 N–H and O–H groups in total. The van der Waals surface area contributed by atoms with Crippen molar-refractivity contribution >= 4 is 11.6 Å². The summed E-state index contributed by atoms with van der Waals surface area (Å²) in [6.07, 6.45) is 4.06. The van der Waals surface area contributed by atoms with E-state index in [1.54, 1.807) is 0 Å². The Hall–Kier alpha value is -1.35. The molecule has 0 aliphatic heterocycles. The minimum absolute atomic E-state index is 0.0429. The zero-order valence-electron chi connectivity index (χ0n) is 11.8. The van der Waals surface area contributed by atoms with Gasteiger partial charge in [-0.15, -0.1) is 0 Å². The van der Waals surface area contributed by atoms with E-state index in [0.717, 1.165) is 36.9 Å². The van der Waals surface area contributed by atoms with E-state index in [4.69, 9.17) is 0 Å². The number of aliphatic hydroxyl groups excluding tert-OH is 1. The fourth-order valence-corrected chi connectivity index (χ4v) is 2.88. The third-order valence-corrected chi connectivity index (χ3v) is 4.34. The van der Waals surface area contributed by atoms with Gasteiger partial charge in [0.1, 0.15) is 0 Å². The van der Waals surface area contributed by atoms with Crippen LogP contribution in [0.25, 0.3) is 0 Å². The van der Waals surface area contributed by atoms with Crippen LogP contribution in [0.15, 0.2) is 18.2 Å². The van der Waals surface area contributed by atoms with E-state index in [1.165, 1.54) is 5.56 Å². The van der Waals surface area contributed by atoms with Gasteiger partial charge in [-0.1, -0.05) is 25.0 Å². The van der Waals surface area contributed by atoms with Crippen molar-refractivity contribution in [3.63, 3.8) is 0 Å². The number of rotatable bonds is 3. The van der Waals surface area contributed by atoms with Gasteiger partial charge in [0.15, 0.2) is 0 Å². The summed E-state index contributed by atoms with van der Waals surface area (Å²) in [5.41, 5.74) is 3.19. The van der Waals surface area contributed by atoms with E-state index < -0.39 is 0 Å². The SMILES string of the molecule is Cc1cccc(NC(=O)C2CCCCC2CO)c1C. The fourth-order valence-electron chi connectivity index (χ4n) is 2.88. The van der Waals surface area contributed by atoms with Gasteiger partial charge in [0.05, 0.1) is 0 Å². The molecule has 0 saturated heterocycles. The minimum atomic E-state index is -0.0429. The number of aliphatic hydroxyl groups is 1. The summed E-state index contributed by atoms with van der Waals surface area (Å²) >= 11 is 0. The van der Waals surface area contributed by atoms with E-state index in [-0.39, 0.29) is 24.3 Å². The number of hydrogen-bond acceptors (Lipinski definition) is 2. The van der Waals surface area contributed by atoms with Crippen LogP contribution in [0.1, 0.15) is 36.8 Å². The average Bonchev–Trinajstić information content (AvgIpc) is 2.43. The first-order chi connectivity index (χ1) is 9.13. The highest BCUT2D eigenvalue weighted by Gasteiger charge is 2.30. The monoisotopic (exact) mass is 261 g/mol. The maximum Gasteiger partial charge on any atom is 0.227 e. The average molecular weight is 261 g/mol. The zero-order chi connectivity index (χ0) is 13.8. The van der Waals surface area contributed by atoms with Crippen molar-refractivity contribution in [1.82, 2.24) is 0 Å². The second kappa shape index (κ2) is 6.20. The number of nitrogens with one attached hydrogen (secondary N) is 1. The summed E-state index contributed by atoms with van der Waals surface area (Å²) in [6, 6.07) is 5.95. The van der Waals surface area contributed by atoms with Crippen molar-refractivity contribution in [3.8, 4) is 0 Å². The van der Waals surface area contributed by atoms with Crippen LogP contribution in [0.5, 0.6) is 0 Å². The van der Waals surface area contributed by atoms with Crippen LogP contribution in [-0.4, -0.2) is 17.6 Å². The maximum atomic E-state index is 12.4. The summed E-state index contributed by atoms with van der Waals surface area (Å²) in [6.45, 7) is 4.18. The third kappa shape index (κ3) is 3.16. The van der Waals surface area contributed by atoms with Gasteiger partial charge in [-0.3, -0.25) is 4.79 Å². The molecular formula is C16H23NO2. The summed E-state index contributed by atoms with van der Waals surface area (Å²) in [5, 5.41) is 12.4. The van der Waals surface area contributed by atoms with Gasteiger partial charge in [-0.25, -0.2) is 0 Å². The highest BCUT2D eigenvalue weighted by atomic mass is 16.3. The smallest absolute Gasteiger partial charge is 0.227 e. The first-order valence-electron chi connectivity index (χ1n) is 7.11. The first kappa shape index (κ1) is 14.1.